The molecule has 1 unspecified atom stereocenters. The largest absolute Gasteiger partial charge is 0.369 e. The first-order valence-corrected chi connectivity index (χ1v) is 8.74. The highest BCUT2D eigenvalue weighted by atomic mass is 19.1. The maximum atomic E-state index is 13.2. The van der Waals surface area contributed by atoms with Crippen molar-refractivity contribution in [1.82, 2.24) is 4.90 Å². The molecule has 1 aliphatic heterocycles. The number of carbonyl (C=O) groups is 1. The summed E-state index contributed by atoms with van der Waals surface area (Å²) in [6.45, 7) is 4.45. The number of non-ortho nitro benzene ring substituents is 1. The zero-order chi connectivity index (χ0) is 19.4. The lowest BCUT2D eigenvalue weighted by atomic mass is 10.2. The van der Waals surface area contributed by atoms with Gasteiger partial charge in [0.05, 0.1) is 11.0 Å². The van der Waals surface area contributed by atoms with Gasteiger partial charge in [0.15, 0.2) is 0 Å². The second kappa shape index (κ2) is 8.13. The van der Waals surface area contributed by atoms with Crippen molar-refractivity contribution in [2.75, 3.05) is 36.4 Å². The van der Waals surface area contributed by atoms with Gasteiger partial charge in [0.25, 0.3) is 5.69 Å². The van der Waals surface area contributed by atoms with Crippen molar-refractivity contribution < 1.29 is 14.1 Å². The number of nitrogens with one attached hydrogen (secondary N) is 1. The number of halogens is 1. The molecule has 142 valence electrons. The Hall–Kier alpha value is -3.00. The molecule has 1 amide bonds. The van der Waals surface area contributed by atoms with Gasteiger partial charge < -0.3 is 10.2 Å². The third-order valence-corrected chi connectivity index (χ3v) is 4.74. The van der Waals surface area contributed by atoms with Crippen molar-refractivity contribution in [2.45, 2.75) is 13.0 Å². The highest BCUT2D eigenvalue weighted by molar-refractivity contribution is 5.94. The summed E-state index contributed by atoms with van der Waals surface area (Å²) >= 11 is 0. The summed E-state index contributed by atoms with van der Waals surface area (Å²) in [7, 11) is 0. The third kappa shape index (κ3) is 4.59. The fourth-order valence-corrected chi connectivity index (χ4v) is 3.15. The van der Waals surface area contributed by atoms with E-state index in [1.54, 1.807) is 24.3 Å². The van der Waals surface area contributed by atoms with Gasteiger partial charge in [-0.05, 0) is 31.2 Å². The average molecular weight is 372 g/mol. The number of hydrogen-bond donors (Lipinski definition) is 1. The lowest BCUT2D eigenvalue weighted by Crippen LogP contribution is -2.52. The molecule has 1 fully saturated rings. The Morgan fingerprint density at radius 3 is 2.52 bits per heavy atom. The summed E-state index contributed by atoms with van der Waals surface area (Å²) < 4.78 is 13.2. The standard InChI is InChI=1S/C19H21FN4O3/c1-14(19(25)21-16-5-2-4-15(20)12-16)22-8-10-23(11-9-22)17-6-3-7-18(13-17)24(26)27/h2-7,12-14H,8-11H2,1H3,(H,21,25). The predicted molar refractivity (Wildman–Crippen MR) is 101 cm³/mol. The lowest BCUT2D eigenvalue weighted by Gasteiger charge is -2.38. The summed E-state index contributed by atoms with van der Waals surface area (Å²) in [5.41, 5.74) is 1.31. The van der Waals surface area contributed by atoms with E-state index in [2.05, 4.69) is 10.2 Å². The van der Waals surface area contributed by atoms with E-state index in [9.17, 15) is 19.3 Å². The minimum Gasteiger partial charge on any atom is -0.369 e. The van der Waals surface area contributed by atoms with E-state index in [1.807, 2.05) is 17.9 Å². The van der Waals surface area contributed by atoms with Crippen molar-refractivity contribution >= 4 is 23.0 Å². The van der Waals surface area contributed by atoms with Crippen LogP contribution in [0.4, 0.5) is 21.5 Å². The van der Waals surface area contributed by atoms with Crippen LogP contribution in [0.1, 0.15) is 6.92 Å². The number of piperazine rings is 1. The molecule has 1 N–H and O–H groups in total. The highest BCUT2D eigenvalue weighted by Gasteiger charge is 2.26. The van der Waals surface area contributed by atoms with Crippen LogP contribution >= 0.6 is 0 Å². The second-order valence-electron chi connectivity index (χ2n) is 6.48. The fourth-order valence-electron chi connectivity index (χ4n) is 3.15. The van der Waals surface area contributed by atoms with Crippen LogP contribution in [0.3, 0.4) is 0 Å². The average Bonchev–Trinajstić information content (AvgIpc) is 2.67. The molecule has 1 aliphatic rings. The van der Waals surface area contributed by atoms with Gasteiger partial charge in [-0.2, -0.15) is 0 Å². The fraction of sp³-hybridized carbons (Fsp3) is 0.316. The predicted octanol–water partition coefficient (Wildman–Crippen LogP) is 2.88. The molecule has 3 rings (SSSR count). The van der Waals surface area contributed by atoms with Gasteiger partial charge in [0.2, 0.25) is 5.91 Å². The smallest absolute Gasteiger partial charge is 0.271 e. The minimum atomic E-state index is -0.404. The van der Waals surface area contributed by atoms with E-state index in [0.717, 1.165) is 5.69 Å². The normalized spacial score (nSPS) is 16.0. The number of carbonyl (C=O) groups excluding carboxylic acids is 1. The number of rotatable bonds is 5. The molecule has 0 bridgehead atoms. The Bertz CT molecular complexity index is 837. The van der Waals surface area contributed by atoms with Crippen LogP contribution < -0.4 is 10.2 Å². The van der Waals surface area contributed by atoms with E-state index >= 15 is 0 Å². The van der Waals surface area contributed by atoms with Crippen LogP contribution in [0.5, 0.6) is 0 Å². The van der Waals surface area contributed by atoms with Crippen LogP contribution in [0, 0.1) is 15.9 Å². The summed E-state index contributed by atoms with van der Waals surface area (Å²) in [6, 6.07) is 12.0. The first kappa shape index (κ1) is 18.8. The third-order valence-electron chi connectivity index (χ3n) is 4.74. The Kier molecular flexibility index (Phi) is 5.66. The van der Waals surface area contributed by atoms with Gasteiger partial charge in [0.1, 0.15) is 5.82 Å². The van der Waals surface area contributed by atoms with E-state index in [4.69, 9.17) is 0 Å². The van der Waals surface area contributed by atoms with Crippen LogP contribution in [-0.2, 0) is 4.79 Å². The van der Waals surface area contributed by atoms with E-state index < -0.39 is 10.7 Å². The molecule has 1 saturated heterocycles. The molecule has 0 aliphatic carbocycles. The Labute approximate surface area is 156 Å². The summed E-state index contributed by atoms with van der Waals surface area (Å²) in [4.78, 5) is 27.1. The van der Waals surface area contributed by atoms with Crippen LogP contribution in [0.25, 0.3) is 0 Å². The molecule has 0 radical (unpaired) electrons. The molecule has 8 heteroatoms. The zero-order valence-corrected chi connectivity index (χ0v) is 15.0. The Balaban J connectivity index is 1.57. The summed E-state index contributed by atoms with van der Waals surface area (Å²) in [6.07, 6.45) is 0. The van der Waals surface area contributed by atoms with Gasteiger partial charge >= 0.3 is 0 Å². The molecule has 2 aromatic carbocycles. The molecular weight excluding hydrogens is 351 g/mol. The number of amides is 1. The van der Waals surface area contributed by atoms with Crippen molar-refractivity contribution in [3.63, 3.8) is 0 Å². The molecule has 0 saturated carbocycles. The maximum Gasteiger partial charge on any atom is 0.271 e. The molecule has 7 nitrogen and oxygen atoms in total. The molecule has 0 spiro atoms. The van der Waals surface area contributed by atoms with Crippen LogP contribution in [-0.4, -0.2) is 48.0 Å². The first-order chi connectivity index (χ1) is 12.9. The number of nitro benzene ring substituents is 1. The SMILES string of the molecule is CC(C(=O)Nc1cccc(F)c1)N1CCN(c2cccc([N+](=O)[O-])c2)CC1. The molecule has 1 heterocycles. The topological polar surface area (TPSA) is 78.7 Å². The molecule has 2 aromatic rings. The van der Waals surface area contributed by atoms with Crippen LogP contribution in [0.15, 0.2) is 48.5 Å². The van der Waals surface area contributed by atoms with Crippen molar-refractivity contribution in [1.29, 1.82) is 0 Å². The summed E-state index contributed by atoms with van der Waals surface area (Å²) in [5, 5.41) is 13.7. The zero-order valence-electron chi connectivity index (χ0n) is 15.0. The van der Waals surface area contributed by atoms with Gasteiger partial charge in [-0.25, -0.2) is 4.39 Å². The van der Waals surface area contributed by atoms with E-state index in [0.29, 0.717) is 31.9 Å². The number of nitrogens with zero attached hydrogens (tertiary/aromatic N) is 3. The first-order valence-electron chi connectivity index (χ1n) is 8.74. The lowest BCUT2D eigenvalue weighted by molar-refractivity contribution is -0.384. The maximum absolute atomic E-state index is 13.2. The van der Waals surface area contributed by atoms with Gasteiger partial charge in [0, 0.05) is 49.7 Å². The highest BCUT2D eigenvalue weighted by Crippen LogP contribution is 2.22. The molecule has 0 aromatic heterocycles. The van der Waals surface area contributed by atoms with Gasteiger partial charge in [-0.3, -0.25) is 19.8 Å². The number of benzene rings is 2. The van der Waals surface area contributed by atoms with E-state index in [-0.39, 0.29) is 17.6 Å². The van der Waals surface area contributed by atoms with Crippen molar-refractivity contribution in [3.8, 4) is 0 Å². The molecule has 27 heavy (non-hydrogen) atoms. The quantitative estimate of drug-likeness (QED) is 0.645. The van der Waals surface area contributed by atoms with Crippen molar-refractivity contribution in [3.05, 3.63) is 64.5 Å². The summed E-state index contributed by atoms with van der Waals surface area (Å²) in [5.74, 6) is -0.588. The monoisotopic (exact) mass is 372 g/mol. The van der Waals surface area contributed by atoms with Crippen molar-refractivity contribution in [2.24, 2.45) is 0 Å². The number of anilines is 2. The number of nitro groups is 1. The minimum absolute atomic E-state index is 0.0674. The Morgan fingerprint density at radius 1 is 1.15 bits per heavy atom. The molecule has 1 atom stereocenters. The van der Waals surface area contributed by atoms with Gasteiger partial charge in [-0.1, -0.05) is 12.1 Å². The van der Waals surface area contributed by atoms with Gasteiger partial charge in [-0.15, -0.1) is 0 Å². The van der Waals surface area contributed by atoms with E-state index in [1.165, 1.54) is 18.2 Å². The van der Waals surface area contributed by atoms with Crippen LogP contribution in [0.2, 0.25) is 0 Å². The molecular formula is C19H21FN4O3. The second-order valence-corrected chi connectivity index (χ2v) is 6.48. The Morgan fingerprint density at radius 2 is 1.85 bits per heavy atom. The number of hydrogen-bond acceptors (Lipinski definition) is 5.